The highest BCUT2D eigenvalue weighted by molar-refractivity contribution is 9.10. The number of hydrogen-bond donors (Lipinski definition) is 2. The fourth-order valence-corrected chi connectivity index (χ4v) is 2.26. The van der Waals surface area contributed by atoms with Crippen LogP contribution in [0.15, 0.2) is 35.1 Å². The lowest BCUT2D eigenvalue weighted by molar-refractivity contribution is -0.383. The summed E-state index contributed by atoms with van der Waals surface area (Å²) in [6.45, 7) is 2.83. The molecule has 1 aromatic carbocycles. The molecular formula is C13H14BrN5O2. The van der Waals surface area contributed by atoms with Gasteiger partial charge in [0.1, 0.15) is 6.33 Å². The number of rotatable bonds is 6. The topological polar surface area (TPSA) is 93.0 Å². The van der Waals surface area contributed by atoms with Gasteiger partial charge in [-0.15, -0.1) is 0 Å². The summed E-state index contributed by atoms with van der Waals surface area (Å²) in [6.07, 6.45) is 1.30. The average molecular weight is 352 g/mol. The molecule has 21 heavy (non-hydrogen) atoms. The molecule has 0 fully saturated rings. The van der Waals surface area contributed by atoms with Crippen molar-refractivity contribution in [3.8, 4) is 0 Å². The van der Waals surface area contributed by atoms with Crippen LogP contribution in [-0.4, -0.2) is 21.4 Å². The van der Waals surface area contributed by atoms with Crippen LogP contribution in [0, 0.1) is 10.1 Å². The molecule has 7 nitrogen and oxygen atoms in total. The zero-order valence-electron chi connectivity index (χ0n) is 11.3. The van der Waals surface area contributed by atoms with Crippen molar-refractivity contribution in [1.29, 1.82) is 0 Å². The third-order valence-electron chi connectivity index (χ3n) is 2.70. The molecule has 0 spiro atoms. The van der Waals surface area contributed by atoms with Crippen LogP contribution in [0.4, 0.5) is 17.3 Å². The normalized spacial score (nSPS) is 10.2. The second-order valence-electron chi connectivity index (χ2n) is 4.19. The van der Waals surface area contributed by atoms with E-state index in [-0.39, 0.29) is 17.3 Å². The van der Waals surface area contributed by atoms with Crippen LogP contribution in [-0.2, 0) is 6.54 Å². The van der Waals surface area contributed by atoms with Gasteiger partial charge in [-0.05, 0) is 24.6 Å². The molecule has 0 saturated heterocycles. The number of hydrogen-bond acceptors (Lipinski definition) is 6. The van der Waals surface area contributed by atoms with E-state index in [0.29, 0.717) is 13.1 Å². The molecule has 0 aliphatic heterocycles. The van der Waals surface area contributed by atoms with Crippen LogP contribution in [0.1, 0.15) is 12.5 Å². The Bertz CT molecular complexity index is 650. The third-order valence-corrected chi connectivity index (χ3v) is 3.19. The zero-order chi connectivity index (χ0) is 15.2. The van der Waals surface area contributed by atoms with E-state index in [1.54, 1.807) is 0 Å². The van der Waals surface area contributed by atoms with E-state index in [4.69, 9.17) is 0 Å². The molecule has 0 saturated carbocycles. The molecule has 0 radical (unpaired) electrons. The van der Waals surface area contributed by atoms with Crippen LogP contribution < -0.4 is 10.6 Å². The van der Waals surface area contributed by atoms with Gasteiger partial charge in [0.15, 0.2) is 0 Å². The lowest BCUT2D eigenvalue weighted by Crippen LogP contribution is -2.09. The molecule has 0 aliphatic rings. The smallest absolute Gasteiger partial charge is 0.353 e. The van der Waals surface area contributed by atoms with Crippen LogP contribution in [0.3, 0.4) is 0 Å². The molecule has 0 aliphatic carbocycles. The maximum absolute atomic E-state index is 11.2. The first kappa shape index (κ1) is 15.2. The van der Waals surface area contributed by atoms with Gasteiger partial charge in [-0.1, -0.05) is 28.1 Å². The molecule has 2 N–H and O–H groups in total. The van der Waals surface area contributed by atoms with Gasteiger partial charge >= 0.3 is 5.69 Å². The lowest BCUT2D eigenvalue weighted by atomic mass is 10.2. The number of benzene rings is 1. The van der Waals surface area contributed by atoms with Crippen LogP contribution in [0.5, 0.6) is 0 Å². The van der Waals surface area contributed by atoms with E-state index in [0.717, 1.165) is 10.0 Å². The van der Waals surface area contributed by atoms with E-state index >= 15 is 0 Å². The minimum Gasteiger partial charge on any atom is -0.364 e. The van der Waals surface area contributed by atoms with Crippen LogP contribution in [0.25, 0.3) is 0 Å². The maximum Gasteiger partial charge on any atom is 0.353 e. The molecular weight excluding hydrogens is 338 g/mol. The minimum absolute atomic E-state index is 0.144. The second-order valence-corrected chi connectivity index (χ2v) is 5.11. The summed E-state index contributed by atoms with van der Waals surface area (Å²) >= 11 is 3.39. The Labute approximate surface area is 130 Å². The zero-order valence-corrected chi connectivity index (χ0v) is 12.9. The Morgan fingerprint density at radius 3 is 2.62 bits per heavy atom. The Balaban J connectivity index is 2.23. The van der Waals surface area contributed by atoms with Gasteiger partial charge in [0.2, 0.25) is 11.6 Å². The number of nitro groups is 1. The first-order valence-corrected chi connectivity index (χ1v) is 7.12. The molecule has 1 heterocycles. The molecule has 2 aromatic rings. The van der Waals surface area contributed by atoms with Gasteiger partial charge < -0.3 is 10.6 Å². The molecule has 2 rings (SSSR count). The number of nitrogens with one attached hydrogen (secondary N) is 2. The highest BCUT2D eigenvalue weighted by atomic mass is 79.9. The molecule has 0 atom stereocenters. The van der Waals surface area contributed by atoms with Crippen molar-refractivity contribution >= 4 is 33.3 Å². The van der Waals surface area contributed by atoms with Crippen molar-refractivity contribution in [2.45, 2.75) is 13.5 Å². The van der Waals surface area contributed by atoms with E-state index in [1.165, 1.54) is 6.33 Å². The highest BCUT2D eigenvalue weighted by Crippen LogP contribution is 2.29. The monoisotopic (exact) mass is 351 g/mol. The minimum atomic E-state index is -0.485. The molecule has 0 bridgehead atoms. The summed E-state index contributed by atoms with van der Waals surface area (Å²) in [5, 5.41) is 17.1. The summed E-state index contributed by atoms with van der Waals surface area (Å²) in [5.41, 5.74) is 0.844. The molecule has 8 heteroatoms. The van der Waals surface area contributed by atoms with E-state index in [9.17, 15) is 10.1 Å². The van der Waals surface area contributed by atoms with Gasteiger partial charge in [-0.3, -0.25) is 10.1 Å². The van der Waals surface area contributed by atoms with Crippen molar-refractivity contribution < 1.29 is 4.92 Å². The number of nitrogens with zero attached hydrogens (tertiary/aromatic N) is 3. The molecule has 110 valence electrons. The van der Waals surface area contributed by atoms with E-state index < -0.39 is 4.92 Å². The lowest BCUT2D eigenvalue weighted by Gasteiger charge is -2.09. The first-order valence-electron chi connectivity index (χ1n) is 6.33. The second kappa shape index (κ2) is 6.98. The largest absolute Gasteiger partial charge is 0.364 e. The van der Waals surface area contributed by atoms with Crippen molar-refractivity contribution in [2.24, 2.45) is 0 Å². The number of halogens is 1. The van der Waals surface area contributed by atoms with Gasteiger partial charge in [-0.2, -0.15) is 0 Å². The Kier molecular flexibility index (Phi) is 5.04. The van der Waals surface area contributed by atoms with Crippen molar-refractivity contribution in [1.82, 2.24) is 9.97 Å². The Hall–Kier alpha value is -2.22. The van der Waals surface area contributed by atoms with Gasteiger partial charge in [0.05, 0.1) is 4.92 Å². The van der Waals surface area contributed by atoms with Crippen molar-refractivity contribution in [3.05, 3.63) is 50.7 Å². The van der Waals surface area contributed by atoms with Gasteiger partial charge in [0.25, 0.3) is 0 Å². The first-order chi connectivity index (χ1) is 10.1. The number of anilines is 2. The molecule has 0 unspecified atom stereocenters. The average Bonchev–Trinajstić information content (AvgIpc) is 2.45. The fourth-order valence-electron chi connectivity index (χ4n) is 1.81. The summed E-state index contributed by atoms with van der Waals surface area (Å²) in [6, 6.07) is 7.68. The predicted octanol–water partition coefficient (Wildman–Crippen LogP) is 3.19. The SMILES string of the molecule is CCNc1ncnc(NCc2cccc(Br)c2)c1[N+](=O)[O-]. The van der Waals surface area contributed by atoms with E-state index in [1.807, 2.05) is 31.2 Å². The summed E-state index contributed by atoms with van der Waals surface area (Å²) in [7, 11) is 0. The quantitative estimate of drug-likeness (QED) is 0.613. The molecule has 1 aromatic heterocycles. The van der Waals surface area contributed by atoms with Crippen molar-refractivity contribution in [3.63, 3.8) is 0 Å². The summed E-state index contributed by atoms with van der Waals surface area (Å²) < 4.78 is 0.951. The third kappa shape index (κ3) is 3.88. The van der Waals surface area contributed by atoms with Crippen LogP contribution in [0.2, 0.25) is 0 Å². The summed E-state index contributed by atoms with van der Waals surface area (Å²) in [4.78, 5) is 18.6. The Morgan fingerprint density at radius 2 is 2.00 bits per heavy atom. The summed E-state index contributed by atoms with van der Waals surface area (Å²) in [5.74, 6) is 0.417. The molecule has 0 amide bonds. The van der Waals surface area contributed by atoms with Gasteiger partial charge in [0, 0.05) is 17.6 Å². The predicted molar refractivity (Wildman–Crippen MR) is 84.3 cm³/mol. The van der Waals surface area contributed by atoms with E-state index in [2.05, 4.69) is 36.5 Å². The van der Waals surface area contributed by atoms with Gasteiger partial charge in [-0.25, -0.2) is 9.97 Å². The standard InChI is InChI=1S/C13H14BrN5O2/c1-2-15-12-11(19(20)21)13(18-8-17-12)16-7-9-4-3-5-10(14)6-9/h3-6,8H,2,7H2,1H3,(H2,15,16,17,18). The Morgan fingerprint density at radius 1 is 1.29 bits per heavy atom. The van der Waals surface area contributed by atoms with Crippen LogP contribution >= 0.6 is 15.9 Å². The highest BCUT2D eigenvalue weighted by Gasteiger charge is 2.22. The van der Waals surface area contributed by atoms with Crippen molar-refractivity contribution in [2.75, 3.05) is 17.2 Å². The maximum atomic E-state index is 11.2. The fraction of sp³-hybridized carbons (Fsp3) is 0.231. The number of aromatic nitrogens is 2.